The molecule has 1 aromatic carbocycles. The Morgan fingerprint density at radius 3 is 2.76 bits per heavy atom. The van der Waals surface area contributed by atoms with Gasteiger partial charge in [0.25, 0.3) is 11.5 Å². The van der Waals surface area contributed by atoms with Crippen molar-refractivity contribution in [2.75, 3.05) is 18.0 Å². The number of hydrogen-bond acceptors (Lipinski definition) is 7. The number of para-hydroxylation sites is 1. The van der Waals surface area contributed by atoms with Gasteiger partial charge in [-0.1, -0.05) is 18.2 Å². The van der Waals surface area contributed by atoms with Crippen LogP contribution in [0, 0.1) is 6.92 Å². The number of aromatic nitrogens is 4. The van der Waals surface area contributed by atoms with E-state index in [0.29, 0.717) is 24.5 Å². The maximum atomic E-state index is 13.3. The summed E-state index contributed by atoms with van der Waals surface area (Å²) in [5.74, 6) is 0.375. The molecule has 9 nitrogen and oxygen atoms in total. The van der Waals surface area contributed by atoms with Gasteiger partial charge in [-0.3, -0.25) is 14.3 Å². The van der Waals surface area contributed by atoms with E-state index in [0.717, 1.165) is 16.2 Å². The highest BCUT2D eigenvalue weighted by Crippen LogP contribution is 2.27. The number of carbonyl (C=O) groups excluding carboxylic acids is 1. The molecule has 1 aliphatic heterocycles. The monoisotopic (exact) mass is 463 g/mol. The van der Waals surface area contributed by atoms with Crippen LogP contribution in [0.4, 0.5) is 5.82 Å². The van der Waals surface area contributed by atoms with Crippen molar-refractivity contribution in [2.45, 2.75) is 25.4 Å². The fourth-order valence-electron chi connectivity index (χ4n) is 4.38. The Bertz CT molecular complexity index is 1400. The van der Waals surface area contributed by atoms with Gasteiger partial charge in [0.1, 0.15) is 21.7 Å². The number of carbonyl (C=O) groups is 1. The van der Waals surface area contributed by atoms with Crippen LogP contribution in [0.5, 0.6) is 0 Å². The fourth-order valence-corrected chi connectivity index (χ4v) is 5.03. The quantitative estimate of drug-likeness (QED) is 0.478. The Labute approximate surface area is 194 Å². The number of hydrogen-bond donors (Lipinski definition) is 2. The van der Waals surface area contributed by atoms with Crippen molar-refractivity contribution in [3.8, 4) is 5.69 Å². The minimum atomic E-state index is -0.693. The summed E-state index contributed by atoms with van der Waals surface area (Å²) >= 11 is 1.48. The lowest BCUT2D eigenvalue weighted by Crippen LogP contribution is -2.56. The number of nitrogens with zero attached hydrogens (tertiary/aromatic N) is 5. The maximum absolute atomic E-state index is 13.3. The highest BCUT2D eigenvalue weighted by molar-refractivity contribution is 7.16. The van der Waals surface area contributed by atoms with E-state index in [2.05, 4.69) is 20.2 Å². The van der Waals surface area contributed by atoms with Crippen LogP contribution in [0.2, 0.25) is 0 Å². The molecule has 4 aromatic rings. The van der Waals surface area contributed by atoms with Gasteiger partial charge < -0.3 is 16.0 Å². The van der Waals surface area contributed by atoms with Crippen LogP contribution in [0.15, 0.2) is 52.8 Å². The van der Waals surface area contributed by atoms with Gasteiger partial charge in [-0.2, -0.15) is 0 Å². The summed E-state index contributed by atoms with van der Waals surface area (Å²) in [5, 5.41) is 3.02. The van der Waals surface area contributed by atoms with Crippen LogP contribution < -0.4 is 21.5 Å². The molecule has 5 rings (SSSR count). The van der Waals surface area contributed by atoms with Crippen molar-refractivity contribution in [1.29, 1.82) is 0 Å². The van der Waals surface area contributed by atoms with E-state index in [9.17, 15) is 9.59 Å². The molecule has 0 bridgehead atoms. The largest absolute Gasteiger partial charge is 0.353 e. The summed E-state index contributed by atoms with van der Waals surface area (Å²) in [7, 11) is 1.77. The summed E-state index contributed by atoms with van der Waals surface area (Å²) in [4.78, 5) is 38.4. The number of rotatable bonds is 4. The maximum Gasteiger partial charge on any atom is 0.284 e. The van der Waals surface area contributed by atoms with Gasteiger partial charge in [-0.15, -0.1) is 11.3 Å². The third kappa shape index (κ3) is 3.61. The van der Waals surface area contributed by atoms with Crippen LogP contribution in [0.1, 0.15) is 23.0 Å². The molecule has 170 valence electrons. The molecule has 2 unspecified atom stereocenters. The van der Waals surface area contributed by atoms with Crippen molar-refractivity contribution in [1.82, 2.24) is 24.6 Å². The Kier molecular flexibility index (Phi) is 5.06. The zero-order chi connectivity index (χ0) is 23.3. The SMILES string of the molecule is Cc1c(C(=O)NC2CN(c3ccc4ncsc4n3)CC2(C)N)c(=O)n(-c2ccccc2)n1C. The van der Waals surface area contributed by atoms with E-state index < -0.39 is 11.4 Å². The molecule has 1 amide bonds. The first-order valence-electron chi connectivity index (χ1n) is 10.7. The molecular weight excluding hydrogens is 438 g/mol. The number of pyridine rings is 1. The molecule has 0 radical (unpaired) electrons. The second kappa shape index (κ2) is 7.82. The molecule has 3 N–H and O–H groups in total. The second-order valence-electron chi connectivity index (χ2n) is 8.69. The highest BCUT2D eigenvalue weighted by Gasteiger charge is 2.42. The lowest BCUT2D eigenvalue weighted by atomic mass is 9.97. The molecule has 0 spiro atoms. The van der Waals surface area contributed by atoms with E-state index in [-0.39, 0.29) is 17.2 Å². The van der Waals surface area contributed by atoms with E-state index >= 15 is 0 Å². The number of nitrogens with one attached hydrogen (secondary N) is 1. The lowest BCUT2D eigenvalue weighted by Gasteiger charge is -2.25. The van der Waals surface area contributed by atoms with Crippen LogP contribution in [-0.4, -0.2) is 49.9 Å². The van der Waals surface area contributed by atoms with Gasteiger partial charge >= 0.3 is 0 Å². The first kappa shape index (κ1) is 21.4. The molecule has 1 fully saturated rings. The fraction of sp³-hybridized carbons (Fsp3) is 0.304. The summed E-state index contributed by atoms with van der Waals surface area (Å²) in [6, 6.07) is 12.8. The van der Waals surface area contributed by atoms with E-state index in [1.54, 1.807) is 24.2 Å². The molecule has 10 heteroatoms. The van der Waals surface area contributed by atoms with Crippen molar-refractivity contribution in [3.05, 3.63) is 69.6 Å². The minimum absolute atomic E-state index is 0.125. The minimum Gasteiger partial charge on any atom is -0.353 e. The predicted molar refractivity (Wildman–Crippen MR) is 129 cm³/mol. The molecule has 4 heterocycles. The van der Waals surface area contributed by atoms with Gasteiger partial charge in [-0.25, -0.2) is 14.6 Å². The smallest absolute Gasteiger partial charge is 0.284 e. The topological polar surface area (TPSA) is 111 Å². The van der Waals surface area contributed by atoms with Crippen molar-refractivity contribution < 1.29 is 4.79 Å². The van der Waals surface area contributed by atoms with Crippen molar-refractivity contribution in [2.24, 2.45) is 12.8 Å². The molecule has 33 heavy (non-hydrogen) atoms. The summed E-state index contributed by atoms with van der Waals surface area (Å²) in [5.41, 5.74) is 9.58. The van der Waals surface area contributed by atoms with Crippen molar-refractivity contribution in [3.63, 3.8) is 0 Å². The number of nitrogens with two attached hydrogens (primary N) is 1. The molecule has 3 aromatic heterocycles. The molecule has 1 saturated heterocycles. The first-order valence-corrected chi connectivity index (χ1v) is 11.5. The number of thiazole rings is 1. The van der Waals surface area contributed by atoms with Gasteiger partial charge in [0.05, 0.1) is 28.5 Å². The zero-order valence-electron chi connectivity index (χ0n) is 18.6. The third-order valence-electron chi connectivity index (χ3n) is 6.32. The highest BCUT2D eigenvalue weighted by atomic mass is 32.1. The Hall–Kier alpha value is -3.50. The molecule has 1 aliphatic rings. The molecular formula is C23H25N7O2S. The second-order valence-corrected chi connectivity index (χ2v) is 9.53. The predicted octanol–water partition coefficient (Wildman–Crippen LogP) is 1.83. The Morgan fingerprint density at radius 2 is 2.00 bits per heavy atom. The van der Waals surface area contributed by atoms with Crippen LogP contribution in [-0.2, 0) is 7.05 Å². The van der Waals surface area contributed by atoms with E-state index in [1.807, 2.05) is 49.4 Å². The van der Waals surface area contributed by atoms with Gasteiger partial charge in [0, 0.05) is 20.1 Å². The molecule has 2 atom stereocenters. The summed E-state index contributed by atoms with van der Waals surface area (Å²) in [6.07, 6.45) is 0. The lowest BCUT2D eigenvalue weighted by molar-refractivity contribution is 0.0926. The molecule has 0 saturated carbocycles. The number of fused-ring (bicyclic) bond motifs is 1. The van der Waals surface area contributed by atoms with E-state index in [4.69, 9.17) is 5.73 Å². The zero-order valence-corrected chi connectivity index (χ0v) is 19.5. The Morgan fingerprint density at radius 1 is 1.24 bits per heavy atom. The normalized spacial score (nSPS) is 20.5. The third-order valence-corrected chi connectivity index (χ3v) is 7.06. The van der Waals surface area contributed by atoms with Gasteiger partial charge in [-0.05, 0) is 38.1 Å². The van der Waals surface area contributed by atoms with Crippen LogP contribution >= 0.6 is 11.3 Å². The van der Waals surface area contributed by atoms with Crippen LogP contribution in [0.3, 0.4) is 0 Å². The van der Waals surface area contributed by atoms with Crippen LogP contribution in [0.25, 0.3) is 16.0 Å². The molecule has 0 aliphatic carbocycles. The first-order chi connectivity index (χ1) is 15.8. The number of amides is 1. The average Bonchev–Trinajstić information content (AvgIpc) is 3.43. The van der Waals surface area contributed by atoms with Gasteiger partial charge in [0.15, 0.2) is 0 Å². The standard InChI is InChI=1S/C23H25N7O2S/c1-14-19(22(32)30(28(14)3)15-7-5-4-6-8-15)20(31)26-17-11-29(12-23(17,2)24)18-10-9-16-21(27-18)33-13-25-16/h4-10,13,17H,11-12,24H2,1-3H3,(H,26,31). The average molecular weight is 464 g/mol. The van der Waals surface area contributed by atoms with Crippen molar-refractivity contribution >= 4 is 33.4 Å². The van der Waals surface area contributed by atoms with Gasteiger partial charge in [0.2, 0.25) is 0 Å². The number of benzene rings is 1. The van der Waals surface area contributed by atoms with E-state index in [1.165, 1.54) is 16.0 Å². The summed E-state index contributed by atoms with van der Waals surface area (Å²) in [6.45, 7) is 4.70. The number of anilines is 1. The summed E-state index contributed by atoms with van der Waals surface area (Å²) < 4.78 is 3.20. The Balaban J connectivity index is 1.41.